The standard InChI is InChI=1S/C15H29N5S/c1-12-14(13(2)20(4)19-12)8-10-18-15(16-3)17-9-6-7-11-21-5/h6-11H2,1-5H3,(H2,16,17,18). The first-order chi connectivity index (χ1) is 10.1. The summed E-state index contributed by atoms with van der Waals surface area (Å²) in [5.74, 6) is 2.12. The first-order valence-corrected chi connectivity index (χ1v) is 8.92. The molecule has 1 rings (SSSR count). The number of nitrogens with zero attached hydrogens (tertiary/aromatic N) is 3. The molecular formula is C15H29N5S. The van der Waals surface area contributed by atoms with E-state index in [9.17, 15) is 0 Å². The predicted molar refractivity (Wildman–Crippen MR) is 93.4 cm³/mol. The van der Waals surface area contributed by atoms with Crippen LogP contribution in [0.3, 0.4) is 0 Å². The lowest BCUT2D eigenvalue weighted by Gasteiger charge is -2.11. The number of aromatic nitrogens is 2. The molecule has 0 aliphatic rings. The number of aryl methyl sites for hydroxylation is 2. The lowest BCUT2D eigenvalue weighted by atomic mass is 10.1. The number of nitrogens with one attached hydrogen (secondary N) is 2. The minimum atomic E-state index is 0.873. The molecule has 2 N–H and O–H groups in total. The van der Waals surface area contributed by atoms with Gasteiger partial charge >= 0.3 is 0 Å². The van der Waals surface area contributed by atoms with E-state index in [1.165, 1.54) is 29.9 Å². The summed E-state index contributed by atoms with van der Waals surface area (Å²) in [6.07, 6.45) is 5.55. The van der Waals surface area contributed by atoms with E-state index in [0.717, 1.165) is 31.2 Å². The topological polar surface area (TPSA) is 54.2 Å². The molecule has 21 heavy (non-hydrogen) atoms. The van der Waals surface area contributed by atoms with Gasteiger partial charge in [-0.05, 0) is 50.7 Å². The van der Waals surface area contributed by atoms with Gasteiger partial charge in [-0.15, -0.1) is 0 Å². The van der Waals surface area contributed by atoms with Crippen LogP contribution in [-0.4, -0.2) is 47.9 Å². The molecule has 0 aromatic carbocycles. The molecular weight excluding hydrogens is 282 g/mol. The maximum Gasteiger partial charge on any atom is 0.190 e. The molecule has 0 bridgehead atoms. The lowest BCUT2D eigenvalue weighted by molar-refractivity contribution is 0.724. The van der Waals surface area contributed by atoms with Crippen molar-refractivity contribution in [3.8, 4) is 0 Å². The summed E-state index contributed by atoms with van der Waals surface area (Å²) in [5.41, 5.74) is 3.70. The molecule has 0 radical (unpaired) electrons. The Balaban J connectivity index is 2.29. The first kappa shape index (κ1) is 17.9. The zero-order valence-electron chi connectivity index (χ0n) is 14.0. The Kier molecular flexibility index (Phi) is 8.27. The first-order valence-electron chi connectivity index (χ1n) is 7.52. The Bertz CT molecular complexity index is 453. The maximum absolute atomic E-state index is 4.45. The minimum Gasteiger partial charge on any atom is -0.356 e. The second kappa shape index (κ2) is 9.71. The van der Waals surface area contributed by atoms with Crippen LogP contribution in [0.4, 0.5) is 0 Å². The Labute approximate surface area is 133 Å². The largest absolute Gasteiger partial charge is 0.356 e. The fourth-order valence-corrected chi connectivity index (χ4v) is 2.78. The smallest absolute Gasteiger partial charge is 0.190 e. The maximum atomic E-state index is 4.45. The molecule has 6 heteroatoms. The Morgan fingerprint density at radius 1 is 1.24 bits per heavy atom. The average molecular weight is 311 g/mol. The van der Waals surface area contributed by atoms with E-state index in [1.54, 1.807) is 0 Å². The molecule has 0 spiro atoms. The predicted octanol–water partition coefficient (Wildman–Crippen LogP) is 1.89. The highest BCUT2D eigenvalue weighted by atomic mass is 32.2. The van der Waals surface area contributed by atoms with Crippen molar-refractivity contribution in [3.63, 3.8) is 0 Å². The van der Waals surface area contributed by atoms with E-state index in [2.05, 4.69) is 40.8 Å². The summed E-state index contributed by atoms with van der Waals surface area (Å²) in [7, 11) is 3.81. The molecule has 0 unspecified atom stereocenters. The molecule has 0 saturated heterocycles. The molecule has 0 aliphatic carbocycles. The number of hydrogen-bond donors (Lipinski definition) is 2. The minimum absolute atomic E-state index is 0.873. The van der Waals surface area contributed by atoms with Crippen LogP contribution < -0.4 is 10.6 Å². The molecule has 5 nitrogen and oxygen atoms in total. The van der Waals surface area contributed by atoms with E-state index >= 15 is 0 Å². The van der Waals surface area contributed by atoms with E-state index in [1.807, 2.05) is 30.5 Å². The summed E-state index contributed by atoms with van der Waals surface area (Å²) in [6.45, 7) is 6.04. The fraction of sp³-hybridized carbons (Fsp3) is 0.733. The van der Waals surface area contributed by atoms with Crippen molar-refractivity contribution in [3.05, 3.63) is 17.0 Å². The van der Waals surface area contributed by atoms with Crippen molar-refractivity contribution in [2.75, 3.05) is 32.1 Å². The van der Waals surface area contributed by atoms with Crippen molar-refractivity contribution in [1.82, 2.24) is 20.4 Å². The number of rotatable bonds is 8. The van der Waals surface area contributed by atoms with E-state index in [-0.39, 0.29) is 0 Å². The van der Waals surface area contributed by atoms with Crippen LogP contribution in [0.2, 0.25) is 0 Å². The molecule has 1 heterocycles. The SMILES string of the molecule is CN=C(NCCCCSC)NCCc1c(C)nn(C)c1C. The normalized spacial score (nSPS) is 11.8. The Hall–Kier alpha value is -1.17. The van der Waals surface area contributed by atoms with Gasteiger partial charge < -0.3 is 10.6 Å². The lowest BCUT2D eigenvalue weighted by Crippen LogP contribution is -2.38. The number of guanidine groups is 1. The van der Waals surface area contributed by atoms with Gasteiger partial charge in [0.25, 0.3) is 0 Å². The third kappa shape index (κ3) is 5.99. The molecule has 0 aliphatic heterocycles. The van der Waals surface area contributed by atoms with Gasteiger partial charge in [0, 0.05) is 32.9 Å². The van der Waals surface area contributed by atoms with Crippen LogP contribution in [0.25, 0.3) is 0 Å². The number of aliphatic imine (C=N–C) groups is 1. The highest BCUT2D eigenvalue weighted by molar-refractivity contribution is 7.98. The van der Waals surface area contributed by atoms with Crippen LogP contribution in [0.15, 0.2) is 4.99 Å². The summed E-state index contributed by atoms with van der Waals surface area (Å²) in [4.78, 5) is 4.26. The quantitative estimate of drug-likeness (QED) is 0.437. The second-order valence-corrected chi connectivity index (χ2v) is 6.13. The van der Waals surface area contributed by atoms with Gasteiger partial charge in [-0.1, -0.05) is 0 Å². The fourth-order valence-electron chi connectivity index (χ4n) is 2.28. The van der Waals surface area contributed by atoms with Crippen LogP contribution in [0, 0.1) is 13.8 Å². The van der Waals surface area contributed by atoms with Crippen molar-refractivity contribution >= 4 is 17.7 Å². The summed E-state index contributed by atoms with van der Waals surface area (Å²) in [6, 6.07) is 0. The average Bonchev–Trinajstić information content (AvgIpc) is 2.71. The van der Waals surface area contributed by atoms with E-state index < -0.39 is 0 Å². The molecule has 120 valence electrons. The number of hydrogen-bond acceptors (Lipinski definition) is 3. The highest BCUT2D eigenvalue weighted by Crippen LogP contribution is 2.11. The zero-order valence-corrected chi connectivity index (χ0v) is 14.8. The van der Waals surface area contributed by atoms with Gasteiger partial charge in [-0.2, -0.15) is 16.9 Å². The molecule has 0 fully saturated rings. The van der Waals surface area contributed by atoms with Crippen molar-refractivity contribution in [2.24, 2.45) is 12.0 Å². The summed E-state index contributed by atoms with van der Waals surface area (Å²) >= 11 is 1.90. The van der Waals surface area contributed by atoms with Gasteiger partial charge in [0.2, 0.25) is 0 Å². The van der Waals surface area contributed by atoms with Crippen LogP contribution >= 0.6 is 11.8 Å². The van der Waals surface area contributed by atoms with Crippen molar-refractivity contribution < 1.29 is 0 Å². The van der Waals surface area contributed by atoms with Gasteiger partial charge in [-0.3, -0.25) is 9.67 Å². The number of thioether (sulfide) groups is 1. The molecule has 1 aromatic rings. The van der Waals surface area contributed by atoms with Gasteiger partial charge in [0.1, 0.15) is 0 Å². The van der Waals surface area contributed by atoms with Gasteiger partial charge in [0.15, 0.2) is 5.96 Å². The molecule has 0 atom stereocenters. The third-order valence-electron chi connectivity index (χ3n) is 3.62. The Morgan fingerprint density at radius 3 is 2.52 bits per heavy atom. The van der Waals surface area contributed by atoms with Crippen molar-refractivity contribution in [2.45, 2.75) is 33.1 Å². The molecule has 1 aromatic heterocycles. The highest BCUT2D eigenvalue weighted by Gasteiger charge is 2.08. The monoisotopic (exact) mass is 311 g/mol. The van der Waals surface area contributed by atoms with Gasteiger partial charge in [-0.25, -0.2) is 0 Å². The molecule has 0 saturated carbocycles. The van der Waals surface area contributed by atoms with Crippen LogP contribution in [0.1, 0.15) is 29.8 Å². The Morgan fingerprint density at radius 2 is 1.95 bits per heavy atom. The molecule has 0 amide bonds. The van der Waals surface area contributed by atoms with Crippen LogP contribution in [-0.2, 0) is 13.5 Å². The summed E-state index contributed by atoms with van der Waals surface area (Å²) in [5, 5.41) is 11.2. The zero-order chi connectivity index (χ0) is 15.7. The third-order valence-corrected chi connectivity index (χ3v) is 4.31. The van der Waals surface area contributed by atoms with Crippen LogP contribution in [0.5, 0.6) is 0 Å². The van der Waals surface area contributed by atoms with E-state index in [4.69, 9.17) is 0 Å². The second-order valence-electron chi connectivity index (χ2n) is 5.15. The number of unbranched alkanes of at least 4 members (excludes halogenated alkanes) is 1. The van der Waals surface area contributed by atoms with Gasteiger partial charge in [0.05, 0.1) is 5.69 Å². The van der Waals surface area contributed by atoms with Crippen molar-refractivity contribution in [1.29, 1.82) is 0 Å². The summed E-state index contributed by atoms with van der Waals surface area (Å²) < 4.78 is 1.95. The van der Waals surface area contributed by atoms with E-state index in [0.29, 0.717) is 0 Å².